The fourth-order valence-electron chi connectivity index (χ4n) is 0.651. The first-order valence-corrected chi connectivity index (χ1v) is 2.86. The minimum atomic E-state index is -0.519. The molecule has 0 amide bonds. The average Bonchev–Trinajstić information content (AvgIpc) is 2.05. The van der Waals surface area contributed by atoms with E-state index < -0.39 is 4.92 Å². The van der Waals surface area contributed by atoms with Gasteiger partial charge < -0.3 is 4.79 Å². The molecule has 5 heteroatoms. The Kier molecular flexibility index (Phi) is 4.85. The van der Waals surface area contributed by atoms with Crippen LogP contribution in [-0.2, 0) is 37.5 Å². The molecule has 1 aromatic rings. The zero-order valence-electron chi connectivity index (χ0n) is 6.06. The number of carbonyl (C=O) groups excluding carboxylic acids is 1. The third kappa shape index (κ3) is 2.79. The summed E-state index contributed by atoms with van der Waals surface area (Å²) >= 11 is 0. The van der Waals surface area contributed by atoms with Gasteiger partial charge in [0.2, 0.25) is 5.69 Å². The van der Waals surface area contributed by atoms with Gasteiger partial charge in [-0.3, -0.25) is 10.1 Å². The Hall–Kier alpha value is -0.606. The molecule has 0 bridgehead atoms. The van der Waals surface area contributed by atoms with Gasteiger partial charge in [-0.05, 0) is 12.1 Å². The number of nitro groups is 1. The first-order valence-electron chi connectivity index (χ1n) is 2.86. The molecule has 0 unspecified atom stereocenters. The molecule has 1 radical (unpaired) electrons. The molecule has 0 heterocycles. The smallest absolute Gasteiger partial charge is 0.245 e. The van der Waals surface area contributed by atoms with Crippen LogP contribution in [0.1, 0.15) is 5.56 Å². The Morgan fingerprint density at radius 1 is 1.25 bits per heavy atom. The quantitative estimate of drug-likeness (QED) is 0.440. The van der Waals surface area contributed by atoms with Crippen LogP contribution in [0.4, 0.5) is 5.69 Å². The predicted molar refractivity (Wildman–Crippen MR) is 37.9 cm³/mol. The van der Waals surface area contributed by atoms with E-state index in [9.17, 15) is 14.9 Å². The van der Waals surface area contributed by atoms with Crippen molar-refractivity contribution in [2.45, 2.75) is 0 Å². The molecule has 0 N–H and O–H groups in total. The van der Waals surface area contributed by atoms with Crippen molar-refractivity contribution in [2.24, 2.45) is 0 Å². The van der Waals surface area contributed by atoms with Crippen molar-refractivity contribution in [1.82, 2.24) is 0 Å². The molecule has 0 aromatic heterocycles. The van der Waals surface area contributed by atoms with Crippen LogP contribution in [0.15, 0.2) is 24.3 Å². The molecule has 0 aliphatic heterocycles. The summed E-state index contributed by atoms with van der Waals surface area (Å²) in [6.45, 7) is 0. The van der Waals surface area contributed by atoms with Gasteiger partial charge in [0.05, 0.1) is 11.2 Å². The van der Waals surface area contributed by atoms with E-state index in [4.69, 9.17) is 0 Å². The normalized spacial score (nSPS) is 8.33. The van der Waals surface area contributed by atoms with Gasteiger partial charge in [0.25, 0.3) is 0 Å². The van der Waals surface area contributed by atoms with Gasteiger partial charge in [-0.2, -0.15) is 17.7 Å². The van der Waals surface area contributed by atoms with E-state index in [2.05, 4.69) is 0 Å². The Bertz CT molecular complexity index is 283. The maximum atomic E-state index is 10.1. The fraction of sp³-hybridized carbons (Fsp3) is 0. The molecule has 0 saturated carbocycles. The predicted octanol–water partition coefficient (Wildman–Crippen LogP) is 1.05. The number of rotatable bonds is 2. The van der Waals surface area contributed by atoms with Crippen molar-refractivity contribution in [3.8, 4) is 0 Å². The zero-order valence-corrected chi connectivity index (χ0v) is 8.90. The topological polar surface area (TPSA) is 60.2 Å². The van der Waals surface area contributed by atoms with Crippen molar-refractivity contribution in [2.75, 3.05) is 0 Å². The molecule has 0 fully saturated rings. The number of non-ortho nitro benzene ring substituents is 1. The molecule has 12 heavy (non-hydrogen) atoms. The third-order valence-corrected chi connectivity index (χ3v) is 1.20. The molecule has 0 atom stereocenters. The summed E-state index contributed by atoms with van der Waals surface area (Å²) in [7, 11) is 0. The van der Waals surface area contributed by atoms with Gasteiger partial charge in [-0.15, -0.1) is 0 Å². The first-order chi connectivity index (χ1) is 5.24. The monoisotopic (exact) mass is 239 g/mol. The summed E-state index contributed by atoms with van der Waals surface area (Å²) in [5.41, 5.74) is 0.291. The largest absolute Gasteiger partial charge is 0.376 e. The van der Waals surface area contributed by atoms with Crippen LogP contribution in [0.2, 0.25) is 0 Å². The van der Waals surface area contributed by atoms with Crippen molar-refractivity contribution in [3.63, 3.8) is 0 Å². The summed E-state index contributed by atoms with van der Waals surface area (Å²) in [4.78, 5) is 19.6. The second-order valence-corrected chi connectivity index (χ2v) is 1.91. The van der Waals surface area contributed by atoms with E-state index >= 15 is 0 Å². The Labute approximate surface area is 94.0 Å². The van der Waals surface area contributed by atoms with Gasteiger partial charge in [-0.1, -0.05) is 0 Å². The molecule has 0 aliphatic rings. The Balaban J connectivity index is 0.00000121. The second-order valence-electron chi connectivity index (χ2n) is 1.91. The van der Waals surface area contributed by atoms with Crippen LogP contribution in [-0.4, -0.2) is 11.2 Å². The van der Waals surface area contributed by atoms with Crippen LogP contribution in [0, 0.1) is 10.1 Å². The Morgan fingerprint density at radius 2 is 1.75 bits per heavy atom. The summed E-state index contributed by atoms with van der Waals surface area (Å²) in [6.07, 6.45) is 1.62. The SMILES string of the molecule is O=[C-]c1ccc([N+](=O)[O-])cc1.[Y]. The number of hydrogen-bond acceptors (Lipinski definition) is 3. The van der Waals surface area contributed by atoms with Gasteiger partial charge in [0, 0.05) is 32.7 Å². The third-order valence-electron chi connectivity index (χ3n) is 1.20. The summed E-state index contributed by atoms with van der Waals surface area (Å²) in [6, 6.07) is 5.23. The number of nitro benzene ring substituents is 1. The fourth-order valence-corrected chi connectivity index (χ4v) is 0.651. The van der Waals surface area contributed by atoms with Gasteiger partial charge in [0.15, 0.2) is 0 Å². The molecule has 1 aromatic carbocycles. The van der Waals surface area contributed by atoms with E-state index in [0.29, 0.717) is 5.56 Å². The summed E-state index contributed by atoms with van der Waals surface area (Å²) < 4.78 is 0. The molecule has 0 aliphatic carbocycles. The first kappa shape index (κ1) is 11.4. The van der Waals surface area contributed by atoms with E-state index in [-0.39, 0.29) is 38.4 Å². The van der Waals surface area contributed by atoms with E-state index in [1.807, 2.05) is 0 Å². The van der Waals surface area contributed by atoms with Crippen molar-refractivity contribution < 1.29 is 42.4 Å². The Morgan fingerprint density at radius 3 is 2.08 bits per heavy atom. The summed E-state index contributed by atoms with van der Waals surface area (Å²) in [5.74, 6) is 0. The molecule has 1 rings (SSSR count). The van der Waals surface area contributed by atoms with Gasteiger partial charge >= 0.3 is 0 Å². The zero-order chi connectivity index (χ0) is 8.27. The van der Waals surface area contributed by atoms with Crippen molar-refractivity contribution in [3.05, 3.63) is 39.9 Å². The van der Waals surface area contributed by atoms with Crippen molar-refractivity contribution >= 4 is 12.0 Å². The molecule has 59 valence electrons. The molecular weight excluding hydrogens is 235 g/mol. The molecule has 0 saturated heterocycles. The van der Waals surface area contributed by atoms with E-state index in [1.54, 1.807) is 6.29 Å². The molecular formula is C7H4NO3Y-. The number of benzene rings is 1. The standard InChI is InChI=1S/C7H4NO3.Y/c9-5-6-1-3-7(4-2-6)8(10)11;/h1-4H;/q-1;. The minimum Gasteiger partial charge on any atom is -0.376 e. The van der Waals surface area contributed by atoms with Crippen LogP contribution in [0.5, 0.6) is 0 Å². The number of hydrogen-bond donors (Lipinski definition) is 0. The number of nitrogens with zero attached hydrogens (tertiary/aromatic N) is 1. The maximum Gasteiger partial charge on any atom is 0.245 e. The van der Waals surface area contributed by atoms with Crippen LogP contribution < -0.4 is 0 Å². The average molecular weight is 239 g/mol. The van der Waals surface area contributed by atoms with Crippen LogP contribution in [0.25, 0.3) is 0 Å². The van der Waals surface area contributed by atoms with Crippen LogP contribution >= 0.6 is 0 Å². The molecule has 0 spiro atoms. The van der Waals surface area contributed by atoms with Crippen molar-refractivity contribution in [1.29, 1.82) is 0 Å². The van der Waals surface area contributed by atoms with E-state index in [1.165, 1.54) is 24.3 Å². The van der Waals surface area contributed by atoms with Gasteiger partial charge in [-0.25, -0.2) is 0 Å². The summed E-state index contributed by atoms with van der Waals surface area (Å²) in [5, 5.41) is 10.1. The second kappa shape index (κ2) is 5.11. The molecule has 4 nitrogen and oxygen atoms in total. The maximum absolute atomic E-state index is 10.1. The van der Waals surface area contributed by atoms with E-state index in [0.717, 1.165) is 0 Å². The minimum absolute atomic E-state index is 0. The van der Waals surface area contributed by atoms with Crippen LogP contribution in [0.3, 0.4) is 0 Å². The van der Waals surface area contributed by atoms with Gasteiger partial charge in [0.1, 0.15) is 0 Å².